The van der Waals surface area contributed by atoms with Crippen LogP contribution in [0.5, 0.6) is 0 Å². The summed E-state index contributed by atoms with van der Waals surface area (Å²) in [5.74, 6) is 0. The lowest BCUT2D eigenvalue weighted by molar-refractivity contribution is 0.167. The molecular weight excluding hydrogens is 242 g/mol. The number of hydrogen-bond acceptors (Lipinski definition) is 3. The van der Waals surface area contributed by atoms with E-state index >= 15 is 0 Å². The molecule has 0 aliphatic carbocycles. The number of benzene rings is 1. The number of rotatable bonds is 7. The first-order chi connectivity index (χ1) is 8.90. The van der Waals surface area contributed by atoms with Crippen molar-refractivity contribution in [2.75, 3.05) is 20.3 Å². The van der Waals surface area contributed by atoms with Crippen molar-refractivity contribution in [3.05, 3.63) is 58.3 Å². The van der Waals surface area contributed by atoms with Gasteiger partial charge in [-0.15, -0.1) is 11.3 Å². The Hall–Kier alpha value is -1.16. The molecule has 1 N–H and O–H groups in total. The lowest BCUT2D eigenvalue weighted by Crippen LogP contribution is -2.27. The molecule has 1 atom stereocenters. The van der Waals surface area contributed by atoms with E-state index < -0.39 is 0 Å². The molecule has 0 fully saturated rings. The Morgan fingerprint density at radius 2 is 2.00 bits per heavy atom. The van der Waals surface area contributed by atoms with Crippen LogP contribution in [0.3, 0.4) is 0 Å². The Balaban J connectivity index is 1.87. The van der Waals surface area contributed by atoms with E-state index in [1.165, 1.54) is 10.4 Å². The van der Waals surface area contributed by atoms with Crippen LogP contribution in [0.25, 0.3) is 0 Å². The highest BCUT2D eigenvalue weighted by Gasteiger charge is 2.09. The predicted molar refractivity (Wildman–Crippen MR) is 77.1 cm³/mol. The van der Waals surface area contributed by atoms with E-state index in [1.807, 2.05) is 17.4 Å². The van der Waals surface area contributed by atoms with Gasteiger partial charge in [0.05, 0.1) is 12.6 Å². The summed E-state index contributed by atoms with van der Waals surface area (Å²) in [6.45, 7) is 1.68. The molecule has 0 aliphatic heterocycles. The highest BCUT2D eigenvalue weighted by molar-refractivity contribution is 7.09. The zero-order valence-corrected chi connectivity index (χ0v) is 11.5. The molecule has 1 aromatic carbocycles. The molecule has 1 heterocycles. The SMILES string of the molecule is COCC(NCCc1cccs1)c1ccccc1. The van der Waals surface area contributed by atoms with Crippen molar-refractivity contribution in [3.8, 4) is 0 Å². The molecule has 0 bridgehead atoms. The molecule has 2 nitrogen and oxygen atoms in total. The van der Waals surface area contributed by atoms with Crippen LogP contribution in [-0.2, 0) is 11.2 Å². The fourth-order valence-corrected chi connectivity index (χ4v) is 2.66. The first-order valence-electron chi connectivity index (χ1n) is 6.20. The van der Waals surface area contributed by atoms with E-state index in [2.05, 4.69) is 47.1 Å². The molecule has 3 heteroatoms. The molecule has 0 amide bonds. The quantitative estimate of drug-likeness (QED) is 0.826. The van der Waals surface area contributed by atoms with Gasteiger partial charge in [0.2, 0.25) is 0 Å². The summed E-state index contributed by atoms with van der Waals surface area (Å²) in [6.07, 6.45) is 1.07. The maximum atomic E-state index is 5.29. The number of ether oxygens (including phenoxy) is 1. The molecule has 1 unspecified atom stereocenters. The molecule has 0 saturated carbocycles. The van der Waals surface area contributed by atoms with Gasteiger partial charge in [0.25, 0.3) is 0 Å². The van der Waals surface area contributed by atoms with Gasteiger partial charge in [-0.05, 0) is 23.4 Å². The molecule has 96 valence electrons. The Bertz CT molecular complexity index is 427. The van der Waals surface area contributed by atoms with E-state index in [-0.39, 0.29) is 6.04 Å². The highest BCUT2D eigenvalue weighted by Crippen LogP contribution is 2.13. The second kappa shape index (κ2) is 7.31. The van der Waals surface area contributed by atoms with Crippen LogP contribution in [0.2, 0.25) is 0 Å². The Labute approximate surface area is 113 Å². The molecule has 18 heavy (non-hydrogen) atoms. The van der Waals surface area contributed by atoms with Crippen LogP contribution in [0.4, 0.5) is 0 Å². The molecule has 2 aromatic rings. The molecule has 0 saturated heterocycles. The van der Waals surface area contributed by atoms with Crippen LogP contribution >= 0.6 is 11.3 Å². The van der Waals surface area contributed by atoms with E-state index in [4.69, 9.17) is 4.74 Å². The van der Waals surface area contributed by atoms with Gasteiger partial charge in [0.15, 0.2) is 0 Å². The first-order valence-corrected chi connectivity index (χ1v) is 7.08. The van der Waals surface area contributed by atoms with Crippen LogP contribution in [0, 0.1) is 0 Å². The van der Waals surface area contributed by atoms with Crippen LogP contribution < -0.4 is 5.32 Å². The van der Waals surface area contributed by atoms with Crippen molar-refractivity contribution in [2.45, 2.75) is 12.5 Å². The van der Waals surface area contributed by atoms with E-state index in [9.17, 15) is 0 Å². The summed E-state index contributed by atoms with van der Waals surface area (Å²) < 4.78 is 5.29. The third-order valence-electron chi connectivity index (χ3n) is 2.88. The minimum atomic E-state index is 0.274. The van der Waals surface area contributed by atoms with Crippen molar-refractivity contribution in [3.63, 3.8) is 0 Å². The molecular formula is C15H19NOS. The van der Waals surface area contributed by atoms with Gasteiger partial charge < -0.3 is 10.1 Å². The number of methoxy groups -OCH3 is 1. The van der Waals surface area contributed by atoms with Gasteiger partial charge in [0, 0.05) is 18.5 Å². The van der Waals surface area contributed by atoms with Gasteiger partial charge in [0.1, 0.15) is 0 Å². The second-order valence-electron chi connectivity index (χ2n) is 4.20. The van der Waals surface area contributed by atoms with Gasteiger partial charge in [-0.1, -0.05) is 36.4 Å². The molecule has 1 aromatic heterocycles. The summed E-state index contributed by atoms with van der Waals surface area (Å²) in [4.78, 5) is 1.42. The maximum Gasteiger partial charge on any atom is 0.0657 e. The van der Waals surface area contributed by atoms with Crippen molar-refractivity contribution in [2.24, 2.45) is 0 Å². The summed E-state index contributed by atoms with van der Waals surface area (Å²) >= 11 is 1.81. The van der Waals surface area contributed by atoms with Gasteiger partial charge >= 0.3 is 0 Å². The van der Waals surface area contributed by atoms with E-state index in [1.54, 1.807) is 7.11 Å². The van der Waals surface area contributed by atoms with Crippen molar-refractivity contribution >= 4 is 11.3 Å². The number of thiophene rings is 1. The predicted octanol–water partition coefficient (Wildman–Crippen LogP) is 3.27. The summed E-state index contributed by atoms with van der Waals surface area (Å²) in [7, 11) is 1.75. The minimum Gasteiger partial charge on any atom is -0.383 e. The maximum absolute atomic E-state index is 5.29. The van der Waals surface area contributed by atoms with E-state index in [0.29, 0.717) is 6.61 Å². The van der Waals surface area contributed by atoms with Crippen molar-refractivity contribution in [1.82, 2.24) is 5.32 Å². The normalized spacial score (nSPS) is 12.5. The fraction of sp³-hybridized carbons (Fsp3) is 0.333. The van der Waals surface area contributed by atoms with Gasteiger partial charge in [-0.3, -0.25) is 0 Å². The Morgan fingerprint density at radius 3 is 2.67 bits per heavy atom. The molecule has 0 spiro atoms. The second-order valence-corrected chi connectivity index (χ2v) is 5.23. The zero-order chi connectivity index (χ0) is 12.6. The molecule has 0 aliphatic rings. The Kier molecular flexibility index (Phi) is 5.39. The minimum absolute atomic E-state index is 0.274. The standard InChI is InChI=1S/C15H19NOS/c1-17-12-15(13-6-3-2-4-7-13)16-10-9-14-8-5-11-18-14/h2-8,11,15-16H,9-10,12H2,1H3. The van der Waals surface area contributed by atoms with Crippen molar-refractivity contribution < 1.29 is 4.74 Å². The average molecular weight is 261 g/mol. The lowest BCUT2D eigenvalue weighted by Gasteiger charge is -2.18. The summed E-state index contributed by atoms with van der Waals surface area (Å²) in [5.41, 5.74) is 1.28. The first kappa shape index (κ1) is 13.3. The number of hydrogen-bond donors (Lipinski definition) is 1. The molecule has 2 rings (SSSR count). The average Bonchev–Trinajstić information content (AvgIpc) is 2.92. The van der Waals surface area contributed by atoms with Gasteiger partial charge in [-0.2, -0.15) is 0 Å². The van der Waals surface area contributed by atoms with Crippen LogP contribution in [0.1, 0.15) is 16.5 Å². The monoisotopic (exact) mass is 261 g/mol. The highest BCUT2D eigenvalue weighted by atomic mass is 32.1. The largest absolute Gasteiger partial charge is 0.383 e. The zero-order valence-electron chi connectivity index (χ0n) is 10.6. The van der Waals surface area contributed by atoms with Gasteiger partial charge in [-0.25, -0.2) is 0 Å². The van der Waals surface area contributed by atoms with E-state index in [0.717, 1.165) is 13.0 Å². The third kappa shape index (κ3) is 3.95. The molecule has 0 radical (unpaired) electrons. The lowest BCUT2D eigenvalue weighted by atomic mass is 10.1. The topological polar surface area (TPSA) is 21.3 Å². The fourth-order valence-electron chi connectivity index (χ4n) is 1.95. The smallest absolute Gasteiger partial charge is 0.0657 e. The summed E-state index contributed by atoms with van der Waals surface area (Å²) in [6, 6.07) is 15.0. The van der Waals surface area contributed by atoms with Crippen molar-refractivity contribution in [1.29, 1.82) is 0 Å². The summed E-state index contributed by atoms with van der Waals surface area (Å²) in [5, 5.41) is 5.68. The number of nitrogens with one attached hydrogen (secondary N) is 1. The third-order valence-corrected chi connectivity index (χ3v) is 3.81. The van der Waals surface area contributed by atoms with Crippen LogP contribution in [-0.4, -0.2) is 20.3 Å². The Morgan fingerprint density at radius 1 is 1.17 bits per heavy atom. The van der Waals surface area contributed by atoms with Crippen LogP contribution in [0.15, 0.2) is 47.8 Å².